The number of fused-ring (bicyclic) bond motifs is 1. The number of hydrogen-bond acceptors (Lipinski definition) is 7. The highest BCUT2D eigenvalue weighted by Crippen LogP contribution is 2.35. The Kier molecular flexibility index (Phi) is 5.18. The number of hydrogen-bond donors (Lipinski definition) is 1. The molecule has 0 unspecified atom stereocenters. The fourth-order valence-corrected chi connectivity index (χ4v) is 4.27. The predicted molar refractivity (Wildman–Crippen MR) is 131 cm³/mol. The Morgan fingerprint density at radius 3 is 2.68 bits per heavy atom. The first kappa shape index (κ1) is 20.7. The van der Waals surface area contributed by atoms with Crippen LogP contribution in [0.5, 0.6) is 0 Å². The van der Waals surface area contributed by atoms with Crippen LogP contribution in [0.3, 0.4) is 0 Å². The van der Waals surface area contributed by atoms with Crippen LogP contribution in [-0.2, 0) is 0 Å². The Labute approximate surface area is 197 Å². The summed E-state index contributed by atoms with van der Waals surface area (Å²) >= 11 is 0. The summed E-state index contributed by atoms with van der Waals surface area (Å²) in [7, 11) is 2.11. The van der Waals surface area contributed by atoms with Gasteiger partial charge in [-0.3, -0.25) is 9.48 Å². The van der Waals surface area contributed by atoms with Crippen LogP contribution in [0.2, 0.25) is 0 Å². The molecule has 1 saturated carbocycles. The molecular formula is C25H26N8O. The number of anilines is 2. The van der Waals surface area contributed by atoms with E-state index in [4.69, 9.17) is 0 Å². The van der Waals surface area contributed by atoms with Crippen molar-refractivity contribution < 1.29 is 4.79 Å². The molecule has 0 bridgehead atoms. The summed E-state index contributed by atoms with van der Waals surface area (Å²) in [6.45, 7) is 3.75. The monoisotopic (exact) mass is 454 g/mol. The molecule has 34 heavy (non-hydrogen) atoms. The van der Waals surface area contributed by atoms with Crippen molar-refractivity contribution in [3.05, 3.63) is 60.6 Å². The van der Waals surface area contributed by atoms with Crippen molar-refractivity contribution in [2.45, 2.75) is 18.9 Å². The first-order valence-corrected chi connectivity index (χ1v) is 11.7. The van der Waals surface area contributed by atoms with Crippen molar-refractivity contribution in [2.24, 2.45) is 0 Å². The number of aromatic nitrogens is 5. The van der Waals surface area contributed by atoms with Gasteiger partial charge in [0.25, 0.3) is 5.91 Å². The number of benzene rings is 1. The van der Waals surface area contributed by atoms with Crippen LogP contribution in [0.25, 0.3) is 22.0 Å². The summed E-state index contributed by atoms with van der Waals surface area (Å²) in [5, 5.41) is 16.8. The van der Waals surface area contributed by atoms with Crippen molar-refractivity contribution in [3.8, 4) is 11.1 Å². The lowest BCUT2D eigenvalue weighted by Crippen LogP contribution is -2.44. The number of amides is 1. The van der Waals surface area contributed by atoms with Gasteiger partial charge in [0.1, 0.15) is 5.82 Å². The van der Waals surface area contributed by atoms with Gasteiger partial charge in [0.2, 0.25) is 0 Å². The Hall–Kier alpha value is -3.85. The molecular weight excluding hydrogens is 428 g/mol. The van der Waals surface area contributed by atoms with E-state index in [-0.39, 0.29) is 5.91 Å². The van der Waals surface area contributed by atoms with Gasteiger partial charge in [-0.1, -0.05) is 6.07 Å². The topological polar surface area (TPSA) is 92.1 Å². The van der Waals surface area contributed by atoms with Gasteiger partial charge in [-0.2, -0.15) is 5.10 Å². The van der Waals surface area contributed by atoms with E-state index in [0.29, 0.717) is 17.4 Å². The third-order valence-corrected chi connectivity index (χ3v) is 6.52. The number of likely N-dealkylation sites (N-methyl/N-ethyl adjacent to an activating group) is 1. The fraction of sp³-hybridized carbons (Fsp3) is 0.320. The quantitative estimate of drug-likeness (QED) is 0.495. The predicted octanol–water partition coefficient (Wildman–Crippen LogP) is 3.23. The molecule has 6 rings (SSSR count). The summed E-state index contributed by atoms with van der Waals surface area (Å²) in [6.07, 6.45) is 8.08. The largest absolute Gasteiger partial charge is 0.354 e. The number of piperazine rings is 1. The van der Waals surface area contributed by atoms with E-state index < -0.39 is 0 Å². The van der Waals surface area contributed by atoms with Crippen LogP contribution in [0.15, 0.2) is 55.0 Å². The zero-order valence-corrected chi connectivity index (χ0v) is 19.1. The van der Waals surface area contributed by atoms with Crippen molar-refractivity contribution in [1.82, 2.24) is 29.9 Å². The summed E-state index contributed by atoms with van der Waals surface area (Å²) in [5.41, 5.74) is 3.46. The molecule has 1 aliphatic carbocycles. The van der Waals surface area contributed by atoms with Gasteiger partial charge >= 0.3 is 0 Å². The number of pyridine rings is 1. The van der Waals surface area contributed by atoms with E-state index in [1.54, 1.807) is 12.3 Å². The molecule has 2 fully saturated rings. The molecule has 4 aromatic rings. The van der Waals surface area contributed by atoms with Gasteiger partial charge < -0.3 is 15.1 Å². The summed E-state index contributed by atoms with van der Waals surface area (Å²) in [5.74, 6) is 1.01. The SMILES string of the molecule is CN1CCN(c2cc(C(=O)Nc3cc4cc(-c5cnn(C6CC6)c5)ccc4nn3)ccn2)CC1. The average molecular weight is 455 g/mol. The molecule has 0 spiro atoms. The van der Waals surface area contributed by atoms with Crippen molar-refractivity contribution >= 4 is 28.4 Å². The lowest BCUT2D eigenvalue weighted by atomic mass is 10.1. The third kappa shape index (κ3) is 4.22. The van der Waals surface area contributed by atoms with Crippen LogP contribution in [0, 0.1) is 0 Å². The molecule has 1 aromatic carbocycles. The zero-order valence-electron chi connectivity index (χ0n) is 19.1. The second-order valence-corrected chi connectivity index (χ2v) is 9.09. The highest BCUT2D eigenvalue weighted by Gasteiger charge is 2.24. The van der Waals surface area contributed by atoms with Gasteiger partial charge in [-0.05, 0) is 55.8 Å². The average Bonchev–Trinajstić information content (AvgIpc) is 3.60. The van der Waals surface area contributed by atoms with Crippen molar-refractivity contribution in [2.75, 3.05) is 43.4 Å². The molecule has 4 heterocycles. The summed E-state index contributed by atoms with van der Waals surface area (Å²) in [4.78, 5) is 21.9. The lowest BCUT2D eigenvalue weighted by Gasteiger charge is -2.33. The van der Waals surface area contributed by atoms with Gasteiger partial charge in [-0.15, -0.1) is 10.2 Å². The van der Waals surface area contributed by atoms with Crippen LogP contribution in [0.4, 0.5) is 11.6 Å². The Morgan fingerprint density at radius 1 is 1.00 bits per heavy atom. The molecule has 9 nitrogen and oxygen atoms in total. The number of carbonyl (C=O) groups is 1. The van der Waals surface area contributed by atoms with Crippen LogP contribution in [0.1, 0.15) is 29.2 Å². The maximum Gasteiger partial charge on any atom is 0.257 e. The minimum atomic E-state index is -0.228. The molecule has 2 aliphatic rings. The minimum Gasteiger partial charge on any atom is -0.354 e. The van der Waals surface area contributed by atoms with Crippen LogP contribution in [-0.4, -0.2) is 69.0 Å². The van der Waals surface area contributed by atoms with E-state index >= 15 is 0 Å². The van der Waals surface area contributed by atoms with Gasteiger partial charge in [0.15, 0.2) is 5.82 Å². The highest BCUT2D eigenvalue weighted by atomic mass is 16.1. The molecule has 0 radical (unpaired) electrons. The smallest absolute Gasteiger partial charge is 0.257 e. The Bertz CT molecular complexity index is 1350. The van der Waals surface area contributed by atoms with Crippen LogP contribution >= 0.6 is 0 Å². The van der Waals surface area contributed by atoms with E-state index in [2.05, 4.69) is 54.7 Å². The van der Waals surface area contributed by atoms with E-state index in [1.807, 2.05) is 35.1 Å². The molecule has 1 aliphatic heterocycles. The summed E-state index contributed by atoms with van der Waals surface area (Å²) < 4.78 is 2.04. The third-order valence-electron chi connectivity index (χ3n) is 6.52. The standard InChI is InChI=1S/C25H26N8O/c1-31-8-10-32(11-9-31)24-14-18(6-7-26-24)25(34)28-23-13-19-12-17(2-5-22(19)29-30-23)20-15-27-33(16-20)21-3-4-21/h2,5-7,12-16,21H,3-4,8-11H2,1H3,(H,28,30,34). The molecule has 0 atom stereocenters. The second kappa shape index (κ2) is 8.49. The molecule has 1 amide bonds. The molecule has 9 heteroatoms. The normalized spacial score (nSPS) is 16.7. The number of nitrogens with one attached hydrogen (secondary N) is 1. The Morgan fingerprint density at radius 2 is 1.85 bits per heavy atom. The van der Waals surface area contributed by atoms with Crippen molar-refractivity contribution in [1.29, 1.82) is 0 Å². The van der Waals surface area contributed by atoms with Gasteiger partial charge in [-0.25, -0.2) is 4.98 Å². The lowest BCUT2D eigenvalue weighted by molar-refractivity contribution is 0.102. The van der Waals surface area contributed by atoms with Crippen molar-refractivity contribution in [3.63, 3.8) is 0 Å². The highest BCUT2D eigenvalue weighted by molar-refractivity contribution is 6.04. The molecule has 172 valence electrons. The molecule has 1 N–H and O–H groups in total. The first-order valence-electron chi connectivity index (χ1n) is 11.7. The van der Waals surface area contributed by atoms with E-state index in [1.165, 1.54) is 12.8 Å². The second-order valence-electron chi connectivity index (χ2n) is 9.09. The van der Waals surface area contributed by atoms with E-state index in [0.717, 1.165) is 54.0 Å². The first-order chi connectivity index (χ1) is 16.6. The number of carbonyl (C=O) groups excluding carboxylic acids is 1. The van der Waals surface area contributed by atoms with E-state index in [9.17, 15) is 4.79 Å². The molecule has 3 aromatic heterocycles. The number of rotatable bonds is 5. The Balaban J connectivity index is 1.21. The van der Waals surface area contributed by atoms with Gasteiger partial charge in [0, 0.05) is 55.1 Å². The van der Waals surface area contributed by atoms with Crippen LogP contribution < -0.4 is 10.2 Å². The van der Waals surface area contributed by atoms with Gasteiger partial charge in [0.05, 0.1) is 17.8 Å². The zero-order chi connectivity index (χ0) is 23.1. The summed E-state index contributed by atoms with van der Waals surface area (Å²) in [6, 6.07) is 12.0. The maximum absolute atomic E-state index is 13.0. The fourth-order valence-electron chi connectivity index (χ4n) is 4.27. The molecule has 1 saturated heterocycles. The number of nitrogens with zero attached hydrogens (tertiary/aromatic N) is 7. The minimum absolute atomic E-state index is 0.228. The maximum atomic E-state index is 13.0.